The summed E-state index contributed by atoms with van der Waals surface area (Å²) in [6.07, 6.45) is 2.96. The van der Waals surface area contributed by atoms with Crippen molar-refractivity contribution in [2.75, 3.05) is 11.9 Å². The van der Waals surface area contributed by atoms with Crippen molar-refractivity contribution in [1.29, 1.82) is 0 Å². The molecule has 2 aromatic rings. The highest BCUT2D eigenvalue weighted by atomic mass is 16.5. The molecule has 0 radical (unpaired) electrons. The molecule has 0 fully saturated rings. The zero-order chi connectivity index (χ0) is 13.9. The number of anilines is 1. The molecule has 0 aliphatic carbocycles. The number of carbonyl (C=O) groups is 1. The Bertz CT molecular complexity index is 653. The molecule has 3 rings (SSSR count). The fourth-order valence-corrected chi connectivity index (χ4v) is 2.33. The van der Waals surface area contributed by atoms with Gasteiger partial charge in [0.25, 0.3) is 0 Å². The molecule has 1 amide bonds. The van der Waals surface area contributed by atoms with Crippen molar-refractivity contribution in [3.8, 4) is 5.75 Å². The maximum absolute atomic E-state index is 12.0. The van der Waals surface area contributed by atoms with Gasteiger partial charge in [0, 0.05) is 12.6 Å². The quantitative estimate of drug-likeness (QED) is 0.930. The third-order valence-corrected chi connectivity index (χ3v) is 3.30. The van der Waals surface area contributed by atoms with Crippen LogP contribution >= 0.6 is 0 Å². The average molecular weight is 268 g/mol. The molecule has 0 saturated heterocycles. The van der Waals surface area contributed by atoms with Crippen LogP contribution in [-0.2, 0) is 17.6 Å². The Morgan fingerprint density at radius 1 is 1.35 bits per heavy atom. The summed E-state index contributed by atoms with van der Waals surface area (Å²) >= 11 is 0. The lowest BCUT2D eigenvalue weighted by molar-refractivity contribution is -0.115. The number of aromatic nitrogens is 1. The van der Waals surface area contributed by atoms with Crippen molar-refractivity contribution < 1.29 is 9.53 Å². The van der Waals surface area contributed by atoms with E-state index >= 15 is 0 Å². The number of pyridine rings is 1. The number of nitrogens with one attached hydrogen (secondary N) is 1. The Labute approximate surface area is 117 Å². The van der Waals surface area contributed by atoms with Gasteiger partial charge in [0.15, 0.2) is 0 Å². The molecule has 1 aromatic carbocycles. The summed E-state index contributed by atoms with van der Waals surface area (Å²) < 4.78 is 5.46. The predicted molar refractivity (Wildman–Crippen MR) is 76.9 cm³/mol. The van der Waals surface area contributed by atoms with E-state index in [9.17, 15) is 4.79 Å². The van der Waals surface area contributed by atoms with Gasteiger partial charge >= 0.3 is 0 Å². The van der Waals surface area contributed by atoms with E-state index in [-0.39, 0.29) is 5.91 Å². The molecule has 0 atom stereocenters. The van der Waals surface area contributed by atoms with Gasteiger partial charge in [-0.1, -0.05) is 12.1 Å². The minimum atomic E-state index is -0.0537. The van der Waals surface area contributed by atoms with Gasteiger partial charge in [0.2, 0.25) is 5.91 Å². The lowest BCUT2D eigenvalue weighted by atomic mass is 10.1. The first-order valence-electron chi connectivity index (χ1n) is 6.68. The van der Waals surface area contributed by atoms with Crippen molar-refractivity contribution in [2.24, 2.45) is 0 Å². The van der Waals surface area contributed by atoms with Crippen LogP contribution in [0.25, 0.3) is 0 Å². The smallest absolute Gasteiger partial charge is 0.229 e. The Kier molecular flexibility index (Phi) is 3.37. The Balaban J connectivity index is 1.67. The van der Waals surface area contributed by atoms with Crippen LogP contribution in [0.5, 0.6) is 5.75 Å². The highest BCUT2D eigenvalue weighted by molar-refractivity contribution is 5.91. The van der Waals surface area contributed by atoms with E-state index in [1.165, 1.54) is 5.56 Å². The molecule has 4 nitrogen and oxygen atoms in total. The number of aryl methyl sites for hydroxylation is 1. The zero-order valence-electron chi connectivity index (χ0n) is 11.3. The molecule has 1 aliphatic heterocycles. The third kappa shape index (κ3) is 2.79. The molecule has 4 heteroatoms. The monoisotopic (exact) mass is 268 g/mol. The number of nitrogens with zero attached hydrogens (tertiary/aromatic N) is 1. The number of fused-ring (bicyclic) bond motifs is 1. The number of rotatable bonds is 3. The molecule has 0 spiro atoms. The molecular weight excluding hydrogens is 252 g/mol. The van der Waals surface area contributed by atoms with Gasteiger partial charge < -0.3 is 10.1 Å². The SMILES string of the molecule is Cc1ccnc(NC(=O)Cc2ccc3c(c2)CCO3)c1. The van der Waals surface area contributed by atoms with Gasteiger partial charge in [-0.15, -0.1) is 0 Å². The van der Waals surface area contributed by atoms with Crippen molar-refractivity contribution in [1.82, 2.24) is 4.98 Å². The van der Waals surface area contributed by atoms with E-state index in [1.54, 1.807) is 6.20 Å². The highest BCUT2D eigenvalue weighted by Crippen LogP contribution is 2.26. The maximum Gasteiger partial charge on any atom is 0.229 e. The Hall–Kier alpha value is -2.36. The number of ether oxygens (including phenoxy) is 1. The van der Waals surface area contributed by atoms with Gasteiger partial charge in [-0.3, -0.25) is 4.79 Å². The standard InChI is InChI=1S/C16H16N2O2/c1-11-4-6-17-15(8-11)18-16(19)10-12-2-3-14-13(9-12)5-7-20-14/h2-4,6,8-9H,5,7,10H2,1H3,(H,17,18,19). The highest BCUT2D eigenvalue weighted by Gasteiger charge is 2.13. The number of amides is 1. The molecule has 2 heterocycles. The van der Waals surface area contributed by atoms with Crippen molar-refractivity contribution in [2.45, 2.75) is 19.8 Å². The van der Waals surface area contributed by atoms with E-state index in [0.717, 1.165) is 29.9 Å². The summed E-state index contributed by atoms with van der Waals surface area (Å²) in [7, 11) is 0. The van der Waals surface area contributed by atoms with Gasteiger partial charge in [0.05, 0.1) is 13.0 Å². The van der Waals surface area contributed by atoms with Crippen LogP contribution in [0.4, 0.5) is 5.82 Å². The Morgan fingerprint density at radius 2 is 2.25 bits per heavy atom. The van der Waals surface area contributed by atoms with Gasteiger partial charge in [0.1, 0.15) is 11.6 Å². The van der Waals surface area contributed by atoms with E-state index in [1.807, 2.05) is 37.3 Å². The van der Waals surface area contributed by atoms with Gasteiger partial charge in [-0.25, -0.2) is 4.98 Å². The third-order valence-electron chi connectivity index (χ3n) is 3.30. The van der Waals surface area contributed by atoms with Gasteiger partial charge in [-0.2, -0.15) is 0 Å². The number of benzene rings is 1. The first-order chi connectivity index (χ1) is 9.70. The van der Waals surface area contributed by atoms with Crippen molar-refractivity contribution in [3.63, 3.8) is 0 Å². The molecule has 1 N–H and O–H groups in total. The minimum absolute atomic E-state index is 0.0537. The van der Waals surface area contributed by atoms with Crippen LogP contribution in [-0.4, -0.2) is 17.5 Å². The molecule has 102 valence electrons. The second-order valence-corrected chi connectivity index (χ2v) is 4.98. The summed E-state index contributed by atoms with van der Waals surface area (Å²) in [6, 6.07) is 9.68. The second-order valence-electron chi connectivity index (χ2n) is 4.98. The number of hydrogen-bond donors (Lipinski definition) is 1. The van der Waals surface area contributed by atoms with E-state index < -0.39 is 0 Å². The first kappa shape index (κ1) is 12.7. The normalized spacial score (nSPS) is 12.7. The summed E-state index contributed by atoms with van der Waals surface area (Å²) in [5.74, 6) is 1.48. The maximum atomic E-state index is 12.0. The molecule has 1 aliphatic rings. The lowest BCUT2D eigenvalue weighted by Gasteiger charge is -2.06. The molecule has 1 aromatic heterocycles. The van der Waals surface area contributed by atoms with E-state index in [2.05, 4.69) is 10.3 Å². The molecule has 0 unspecified atom stereocenters. The predicted octanol–water partition coefficient (Wildman–Crippen LogP) is 2.51. The number of carbonyl (C=O) groups excluding carboxylic acids is 1. The number of hydrogen-bond acceptors (Lipinski definition) is 3. The zero-order valence-corrected chi connectivity index (χ0v) is 11.3. The van der Waals surface area contributed by atoms with Crippen molar-refractivity contribution in [3.05, 3.63) is 53.2 Å². The Morgan fingerprint density at radius 3 is 3.10 bits per heavy atom. The minimum Gasteiger partial charge on any atom is -0.493 e. The van der Waals surface area contributed by atoms with Crippen LogP contribution in [0.3, 0.4) is 0 Å². The average Bonchev–Trinajstić information content (AvgIpc) is 2.86. The molecular formula is C16H16N2O2. The fraction of sp³-hybridized carbons (Fsp3) is 0.250. The largest absolute Gasteiger partial charge is 0.493 e. The van der Waals surface area contributed by atoms with Crippen LogP contribution in [0, 0.1) is 6.92 Å². The van der Waals surface area contributed by atoms with Crippen LogP contribution in [0.1, 0.15) is 16.7 Å². The van der Waals surface area contributed by atoms with E-state index in [0.29, 0.717) is 12.2 Å². The van der Waals surface area contributed by atoms with Crippen LogP contribution in [0.2, 0.25) is 0 Å². The van der Waals surface area contributed by atoms with E-state index in [4.69, 9.17) is 4.74 Å². The summed E-state index contributed by atoms with van der Waals surface area (Å²) in [6.45, 7) is 2.70. The summed E-state index contributed by atoms with van der Waals surface area (Å²) in [4.78, 5) is 16.1. The van der Waals surface area contributed by atoms with Gasteiger partial charge in [-0.05, 0) is 41.8 Å². The molecule has 0 saturated carbocycles. The summed E-state index contributed by atoms with van der Waals surface area (Å²) in [5.41, 5.74) is 3.26. The lowest BCUT2D eigenvalue weighted by Crippen LogP contribution is -2.15. The molecule has 20 heavy (non-hydrogen) atoms. The fourth-order valence-electron chi connectivity index (χ4n) is 2.33. The topological polar surface area (TPSA) is 51.2 Å². The first-order valence-corrected chi connectivity index (χ1v) is 6.68. The van der Waals surface area contributed by atoms with Crippen LogP contribution in [0.15, 0.2) is 36.5 Å². The van der Waals surface area contributed by atoms with Crippen molar-refractivity contribution >= 4 is 11.7 Å². The second kappa shape index (κ2) is 5.33. The summed E-state index contributed by atoms with van der Waals surface area (Å²) in [5, 5.41) is 2.82. The van der Waals surface area contributed by atoms with Crippen LogP contribution < -0.4 is 10.1 Å². The molecule has 0 bridgehead atoms.